The number of sulfonamides is 1. The Balaban J connectivity index is 1.92. The number of hydrogen-bond donors (Lipinski definition) is 2. The van der Waals surface area contributed by atoms with Crippen LogP contribution in [0.1, 0.15) is 31.9 Å². The van der Waals surface area contributed by atoms with Crippen molar-refractivity contribution >= 4 is 21.7 Å². The lowest BCUT2D eigenvalue weighted by Crippen LogP contribution is -2.28. The van der Waals surface area contributed by atoms with E-state index in [1.807, 2.05) is 24.3 Å². The summed E-state index contributed by atoms with van der Waals surface area (Å²) in [6.45, 7) is 6.71. The van der Waals surface area contributed by atoms with Crippen LogP contribution >= 0.6 is 0 Å². The molecule has 0 radical (unpaired) electrons. The predicted octanol–water partition coefficient (Wildman–Crippen LogP) is 3.56. The molecule has 2 N–H and O–H groups in total. The summed E-state index contributed by atoms with van der Waals surface area (Å²) in [4.78, 5) is 12.3. The first-order valence-electron chi connectivity index (χ1n) is 8.67. The summed E-state index contributed by atoms with van der Waals surface area (Å²) in [7, 11) is -0.468. The summed E-state index contributed by atoms with van der Waals surface area (Å²) in [5, 5.41) is 5.55. The maximum absolute atomic E-state index is 12.1. The minimum atomic E-state index is -3.45. The quantitative estimate of drug-likeness (QED) is 0.821. The van der Waals surface area contributed by atoms with Crippen LogP contribution < -0.4 is 10.6 Å². The summed E-state index contributed by atoms with van der Waals surface area (Å²) < 4.78 is 25.3. The average molecular weight is 390 g/mol. The summed E-state index contributed by atoms with van der Waals surface area (Å²) in [6.07, 6.45) is 0. The van der Waals surface area contributed by atoms with Crippen molar-refractivity contribution in [3.63, 3.8) is 0 Å². The lowest BCUT2D eigenvalue weighted by atomic mass is 9.87. The fraction of sp³-hybridized carbons (Fsp3) is 0.350. The normalized spacial score (nSPS) is 12.1. The molecule has 2 aromatic carbocycles. The Morgan fingerprint density at radius 1 is 0.963 bits per heavy atom. The summed E-state index contributed by atoms with van der Waals surface area (Å²) in [6, 6.07) is 13.9. The van der Waals surface area contributed by atoms with Gasteiger partial charge in [-0.3, -0.25) is 0 Å². The average Bonchev–Trinajstić information content (AvgIpc) is 2.60. The molecule has 0 heterocycles. The molecule has 0 bridgehead atoms. The molecule has 2 rings (SSSR count). The van der Waals surface area contributed by atoms with Gasteiger partial charge in [-0.05, 0) is 40.8 Å². The van der Waals surface area contributed by atoms with Crippen LogP contribution in [0.5, 0.6) is 0 Å². The first-order valence-corrected chi connectivity index (χ1v) is 10.1. The van der Waals surface area contributed by atoms with Gasteiger partial charge in [-0.25, -0.2) is 17.5 Å². The molecule has 0 saturated carbocycles. The Labute approximate surface area is 161 Å². The molecule has 0 aliphatic heterocycles. The van der Waals surface area contributed by atoms with Crippen LogP contribution in [0, 0.1) is 0 Å². The Morgan fingerprint density at radius 2 is 1.52 bits per heavy atom. The zero-order valence-electron chi connectivity index (χ0n) is 16.4. The van der Waals surface area contributed by atoms with Gasteiger partial charge in [0.1, 0.15) is 0 Å². The topological polar surface area (TPSA) is 78.5 Å². The number of benzene rings is 2. The Hall–Kier alpha value is -2.38. The fourth-order valence-corrected chi connectivity index (χ4v) is 3.30. The van der Waals surface area contributed by atoms with Gasteiger partial charge >= 0.3 is 6.03 Å². The van der Waals surface area contributed by atoms with Crippen molar-refractivity contribution in [2.75, 3.05) is 19.4 Å². The molecule has 0 aliphatic rings. The highest BCUT2D eigenvalue weighted by atomic mass is 32.2. The zero-order chi connectivity index (χ0) is 20.2. The van der Waals surface area contributed by atoms with Gasteiger partial charge in [-0.15, -0.1) is 0 Å². The monoisotopic (exact) mass is 389 g/mol. The molecule has 0 atom stereocenters. The molecular weight excluding hydrogens is 362 g/mol. The number of carbonyl (C=O) groups excluding carboxylic acids is 1. The van der Waals surface area contributed by atoms with Crippen molar-refractivity contribution < 1.29 is 13.2 Å². The molecule has 7 heteroatoms. The van der Waals surface area contributed by atoms with Crippen molar-refractivity contribution in [2.24, 2.45) is 0 Å². The highest BCUT2D eigenvalue weighted by Crippen LogP contribution is 2.23. The molecule has 0 spiro atoms. The third kappa shape index (κ3) is 5.55. The van der Waals surface area contributed by atoms with E-state index in [-0.39, 0.29) is 16.3 Å². The van der Waals surface area contributed by atoms with E-state index in [4.69, 9.17) is 0 Å². The fourth-order valence-electron chi connectivity index (χ4n) is 2.40. The first-order chi connectivity index (χ1) is 12.5. The molecule has 6 nitrogen and oxygen atoms in total. The molecule has 0 unspecified atom stereocenters. The van der Waals surface area contributed by atoms with E-state index in [1.54, 1.807) is 12.1 Å². The van der Waals surface area contributed by atoms with Gasteiger partial charge < -0.3 is 10.6 Å². The van der Waals surface area contributed by atoms with Crippen molar-refractivity contribution in [1.82, 2.24) is 9.62 Å². The van der Waals surface area contributed by atoms with E-state index in [2.05, 4.69) is 31.4 Å². The number of anilines is 1. The Bertz CT molecular complexity index is 882. The van der Waals surface area contributed by atoms with Crippen LogP contribution in [0.3, 0.4) is 0 Å². The van der Waals surface area contributed by atoms with E-state index >= 15 is 0 Å². The number of hydrogen-bond acceptors (Lipinski definition) is 3. The van der Waals surface area contributed by atoms with Gasteiger partial charge in [-0.2, -0.15) is 0 Å². The van der Waals surface area contributed by atoms with Crippen molar-refractivity contribution in [3.05, 3.63) is 59.7 Å². The van der Waals surface area contributed by atoms with Gasteiger partial charge in [0.15, 0.2) is 0 Å². The molecule has 0 fully saturated rings. The third-order valence-corrected chi connectivity index (χ3v) is 5.99. The van der Waals surface area contributed by atoms with Gasteiger partial charge in [0.05, 0.1) is 4.90 Å². The molecule has 146 valence electrons. The van der Waals surface area contributed by atoms with Crippen LogP contribution in [0.15, 0.2) is 53.4 Å². The predicted molar refractivity (Wildman–Crippen MR) is 108 cm³/mol. The van der Waals surface area contributed by atoms with Crippen molar-refractivity contribution in [2.45, 2.75) is 37.6 Å². The van der Waals surface area contributed by atoms with Gasteiger partial charge in [0, 0.05) is 26.3 Å². The van der Waals surface area contributed by atoms with Crippen LogP contribution in [0.4, 0.5) is 10.5 Å². The molecule has 2 amide bonds. The lowest BCUT2D eigenvalue weighted by Gasteiger charge is -2.19. The second-order valence-electron chi connectivity index (χ2n) is 7.57. The number of nitrogens with one attached hydrogen (secondary N) is 2. The van der Waals surface area contributed by atoms with Crippen LogP contribution in [0.2, 0.25) is 0 Å². The van der Waals surface area contributed by atoms with Crippen molar-refractivity contribution in [1.29, 1.82) is 0 Å². The number of nitrogens with zero attached hydrogens (tertiary/aromatic N) is 1. The van der Waals surface area contributed by atoms with Gasteiger partial charge in [0.25, 0.3) is 0 Å². The van der Waals surface area contributed by atoms with E-state index < -0.39 is 10.0 Å². The minimum Gasteiger partial charge on any atom is -0.334 e. The largest absolute Gasteiger partial charge is 0.334 e. The lowest BCUT2D eigenvalue weighted by molar-refractivity contribution is 0.251. The maximum atomic E-state index is 12.1. The number of rotatable bonds is 5. The molecule has 2 aromatic rings. The van der Waals surface area contributed by atoms with E-state index in [0.717, 1.165) is 5.56 Å². The molecule has 0 aromatic heterocycles. The van der Waals surface area contributed by atoms with E-state index in [0.29, 0.717) is 12.2 Å². The van der Waals surface area contributed by atoms with Crippen LogP contribution in [-0.2, 0) is 22.0 Å². The SMILES string of the molecule is CN(C)S(=O)(=O)c1ccc(CNC(=O)Nc2ccc(C(C)(C)C)cc2)cc1. The number of carbonyl (C=O) groups is 1. The number of amides is 2. The van der Waals surface area contributed by atoms with Crippen LogP contribution in [0.25, 0.3) is 0 Å². The highest BCUT2D eigenvalue weighted by Gasteiger charge is 2.16. The molecule has 0 saturated heterocycles. The Kier molecular flexibility index (Phi) is 6.28. The zero-order valence-corrected chi connectivity index (χ0v) is 17.2. The standard InChI is InChI=1S/C20H27N3O3S/c1-20(2,3)16-8-10-17(11-9-16)22-19(24)21-14-15-6-12-18(13-7-15)27(25,26)23(4)5/h6-13H,14H2,1-5H3,(H2,21,22,24). The first kappa shape index (κ1) is 20.9. The van der Waals surface area contributed by atoms with Crippen LogP contribution in [-0.4, -0.2) is 32.8 Å². The second kappa shape index (κ2) is 8.10. The minimum absolute atomic E-state index is 0.0625. The summed E-state index contributed by atoms with van der Waals surface area (Å²) >= 11 is 0. The van der Waals surface area contributed by atoms with E-state index in [1.165, 1.54) is 36.1 Å². The molecule has 27 heavy (non-hydrogen) atoms. The maximum Gasteiger partial charge on any atom is 0.319 e. The van der Waals surface area contributed by atoms with Gasteiger partial charge in [-0.1, -0.05) is 45.0 Å². The summed E-state index contributed by atoms with van der Waals surface area (Å²) in [5.41, 5.74) is 2.78. The van der Waals surface area contributed by atoms with Crippen molar-refractivity contribution in [3.8, 4) is 0 Å². The second-order valence-corrected chi connectivity index (χ2v) is 9.72. The number of urea groups is 1. The highest BCUT2D eigenvalue weighted by molar-refractivity contribution is 7.89. The smallest absolute Gasteiger partial charge is 0.319 e. The van der Waals surface area contributed by atoms with E-state index in [9.17, 15) is 13.2 Å². The summed E-state index contributed by atoms with van der Waals surface area (Å²) in [5.74, 6) is 0. The Morgan fingerprint density at radius 3 is 2.00 bits per heavy atom. The molecular formula is C20H27N3O3S. The molecule has 0 aliphatic carbocycles. The van der Waals surface area contributed by atoms with Gasteiger partial charge in [0.2, 0.25) is 10.0 Å². The third-order valence-electron chi connectivity index (χ3n) is 4.16.